The van der Waals surface area contributed by atoms with Gasteiger partial charge in [-0.3, -0.25) is 4.98 Å². The number of nitrogens with zero attached hydrogens (tertiary/aromatic N) is 6. The van der Waals surface area contributed by atoms with E-state index in [9.17, 15) is 0 Å². The maximum atomic E-state index is 5.85. The van der Waals surface area contributed by atoms with Gasteiger partial charge in [0.1, 0.15) is 17.0 Å². The number of ether oxygens (including phenoxy) is 1. The van der Waals surface area contributed by atoms with Crippen LogP contribution in [0.25, 0.3) is 11.0 Å². The van der Waals surface area contributed by atoms with E-state index in [-0.39, 0.29) is 5.95 Å². The molecule has 0 spiro atoms. The van der Waals surface area contributed by atoms with Gasteiger partial charge in [-0.1, -0.05) is 5.16 Å². The van der Waals surface area contributed by atoms with Crippen LogP contribution in [-0.2, 0) is 13.1 Å². The predicted molar refractivity (Wildman–Crippen MR) is 98.2 cm³/mol. The molecule has 4 aromatic heterocycles. The fourth-order valence-corrected chi connectivity index (χ4v) is 2.84. The van der Waals surface area contributed by atoms with Gasteiger partial charge in [0.2, 0.25) is 11.8 Å². The van der Waals surface area contributed by atoms with Crippen LogP contribution in [0.1, 0.15) is 17.4 Å². The molecule has 0 unspecified atom stereocenters. The summed E-state index contributed by atoms with van der Waals surface area (Å²) in [4.78, 5) is 17.2. The summed E-state index contributed by atoms with van der Waals surface area (Å²) in [7, 11) is 1.62. The Balaban J connectivity index is 1.69. The predicted octanol–water partition coefficient (Wildman–Crippen LogP) is 1.77. The van der Waals surface area contributed by atoms with Gasteiger partial charge >= 0.3 is 0 Å². The van der Waals surface area contributed by atoms with E-state index in [0.29, 0.717) is 36.4 Å². The number of nitrogens with two attached hydrogens (primary N) is 1. The van der Waals surface area contributed by atoms with Crippen molar-refractivity contribution in [3.05, 3.63) is 48.0 Å². The summed E-state index contributed by atoms with van der Waals surface area (Å²) in [6.45, 7) is 2.58. The minimum atomic E-state index is 0.183. The van der Waals surface area contributed by atoms with E-state index in [1.54, 1.807) is 20.2 Å². The first-order valence-corrected chi connectivity index (χ1v) is 8.27. The van der Waals surface area contributed by atoms with Crippen LogP contribution >= 0.6 is 0 Å². The van der Waals surface area contributed by atoms with Crippen LogP contribution in [0.15, 0.2) is 35.1 Å². The number of methoxy groups -OCH3 is 1. The molecule has 0 amide bonds. The Hall–Kier alpha value is -3.69. The summed E-state index contributed by atoms with van der Waals surface area (Å²) >= 11 is 0. The Labute approximate surface area is 154 Å². The third kappa shape index (κ3) is 3.36. The van der Waals surface area contributed by atoms with Gasteiger partial charge in [0.15, 0.2) is 11.6 Å². The van der Waals surface area contributed by atoms with Crippen molar-refractivity contribution >= 4 is 22.8 Å². The van der Waals surface area contributed by atoms with Gasteiger partial charge in [-0.15, -0.1) is 0 Å². The van der Waals surface area contributed by atoms with E-state index in [1.165, 1.54) is 0 Å². The SMILES string of the molecule is COc1cccnc1Cn1ccc2nc(N)nc(NCc3noc(C)n3)c21. The normalized spacial score (nSPS) is 11.0. The molecular weight excluding hydrogens is 348 g/mol. The molecule has 138 valence electrons. The number of fused-ring (bicyclic) bond motifs is 1. The highest BCUT2D eigenvalue weighted by molar-refractivity contribution is 5.87. The van der Waals surface area contributed by atoms with Crippen LogP contribution in [0.5, 0.6) is 5.75 Å². The molecule has 0 bridgehead atoms. The summed E-state index contributed by atoms with van der Waals surface area (Å²) in [6.07, 6.45) is 3.65. The van der Waals surface area contributed by atoms with E-state index in [1.807, 2.05) is 29.0 Å². The lowest BCUT2D eigenvalue weighted by atomic mass is 10.3. The first-order chi connectivity index (χ1) is 13.1. The molecule has 0 radical (unpaired) electrons. The molecule has 0 atom stereocenters. The summed E-state index contributed by atoms with van der Waals surface area (Å²) < 4.78 is 12.4. The maximum Gasteiger partial charge on any atom is 0.223 e. The Morgan fingerprint density at radius 2 is 2.15 bits per heavy atom. The third-order valence-electron chi connectivity index (χ3n) is 4.00. The minimum Gasteiger partial charge on any atom is -0.495 e. The van der Waals surface area contributed by atoms with Crippen LogP contribution in [0.2, 0.25) is 0 Å². The fraction of sp³-hybridized carbons (Fsp3) is 0.235. The van der Waals surface area contributed by atoms with E-state index in [4.69, 9.17) is 15.0 Å². The molecule has 0 saturated carbocycles. The summed E-state index contributed by atoms with van der Waals surface area (Å²) in [6, 6.07) is 5.59. The molecule has 0 aromatic carbocycles. The second-order valence-electron chi connectivity index (χ2n) is 5.84. The lowest BCUT2D eigenvalue weighted by Gasteiger charge is -2.12. The van der Waals surface area contributed by atoms with Crippen molar-refractivity contribution in [2.24, 2.45) is 0 Å². The lowest BCUT2D eigenvalue weighted by Crippen LogP contribution is -2.09. The Morgan fingerprint density at radius 3 is 2.93 bits per heavy atom. The number of rotatable bonds is 6. The van der Waals surface area contributed by atoms with Crippen molar-refractivity contribution in [3.8, 4) is 5.75 Å². The molecule has 0 saturated heterocycles. The zero-order valence-electron chi connectivity index (χ0n) is 14.9. The number of aromatic nitrogens is 6. The number of hydrogen-bond donors (Lipinski definition) is 2. The van der Waals surface area contributed by atoms with Crippen LogP contribution in [0.3, 0.4) is 0 Å². The van der Waals surface area contributed by atoms with Crippen LogP contribution < -0.4 is 15.8 Å². The van der Waals surface area contributed by atoms with Crippen molar-refractivity contribution in [3.63, 3.8) is 0 Å². The molecular formula is C17H18N8O2. The molecule has 0 aliphatic carbocycles. The maximum absolute atomic E-state index is 5.85. The second kappa shape index (κ2) is 6.90. The molecule has 27 heavy (non-hydrogen) atoms. The molecule has 0 fully saturated rings. The number of hydrogen-bond acceptors (Lipinski definition) is 9. The van der Waals surface area contributed by atoms with Gasteiger partial charge in [-0.05, 0) is 18.2 Å². The number of nitrogens with one attached hydrogen (secondary N) is 1. The molecule has 4 aromatic rings. The van der Waals surface area contributed by atoms with Gasteiger partial charge in [-0.2, -0.15) is 9.97 Å². The lowest BCUT2D eigenvalue weighted by molar-refractivity contribution is 0.388. The van der Waals surface area contributed by atoms with Gasteiger partial charge in [-0.25, -0.2) is 4.98 Å². The summed E-state index contributed by atoms with van der Waals surface area (Å²) in [5, 5.41) is 7.09. The number of nitrogen functional groups attached to an aromatic ring is 1. The number of aryl methyl sites for hydroxylation is 1. The average Bonchev–Trinajstić information content (AvgIpc) is 3.26. The molecule has 0 aliphatic heterocycles. The zero-order valence-corrected chi connectivity index (χ0v) is 14.9. The van der Waals surface area contributed by atoms with Crippen molar-refractivity contribution < 1.29 is 9.26 Å². The molecule has 10 heteroatoms. The topological polar surface area (TPSA) is 130 Å². The van der Waals surface area contributed by atoms with E-state index in [2.05, 4.69) is 30.4 Å². The first-order valence-electron chi connectivity index (χ1n) is 8.27. The quantitative estimate of drug-likeness (QED) is 0.524. The van der Waals surface area contributed by atoms with Crippen LogP contribution in [-0.4, -0.2) is 36.8 Å². The van der Waals surface area contributed by atoms with Crippen molar-refractivity contribution in [2.75, 3.05) is 18.2 Å². The molecule has 4 rings (SSSR count). The Bertz CT molecular complexity index is 1090. The Morgan fingerprint density at radius 1 is 1.26 bits per heavy atom. The number of anilines is 2. The smallest absolute Gasteiger partial charge is 0.223 e. The molecule has 3 N–H and O–H groups in total. The highest BCUT2D eigenvalue weighted by Gasteiger charge is 2.14. The fourth-order valence-electron chi connectivity index (χ4n) is 2.84. The van der Waals surface area contributed by atoms with E-state index in [0.717, 1.165) is 16.7 Å². The van der Waals surface area contributed by atoms with Crippen LogP contribution in [0.4, 0.5) is 11.8 Å². The highest BCUT2D eigenvalue weighted by Crippen LogP contribution is 2.25. The minimum absolute atomic E-state index is 0.183. The van der Waals surface area contributed by atoms with E-state index < -0.39 is 0 Å². The van der Waals surface area contributed by atoms with Gasteiger partial charge in [0.25, 0.3) is 0 Å². The molecule has 10 nitrogen and oxygen atoms in total. The van der Waals surface area contributed by atoms with Gasteiger partial charge in [0, 0.05) is 19.3 Å². The second-order valence-corrected chi connectivity index (χ2v) is 5.84. The summed E-state index contributed by atoms with van der Waals surface area (Å²) in [5.74, 6) is 2.52. The summed E-state index contributed by atoms with van der Waals surface area (Å²) in [5.41, 5.74) is 8.18. The van der Waals surface area contributed by atoms with Gasteiger partial charge < -0.3 is 24.9 Å². The largest absolute Gasteiger partial charge is 0.495 e. The number of pyridine rings is 1. The standard InChI is InChI=1S/C17H18N8O2/c1-10-21-14(24-27-10)8-20-16-15-11(22-17(18)23-16)5-7-25(15)9-12-13(26-2)4-3-6-19-12/h3-7H,8-9H2,1-2H3,(H3,18,20,22,23). The molecule has 0 aliphatic rings. The van der Waals surface area contributed by atoms with Crippen molar-refractivity contribution in [1.29, 1.82) is 0 Å². The average molecular weight is 366 g/mol. The van der Waals surface area contributed by atoms with Crippen molar-refractivity contribution in [2.45, 2.75) is 20.0 Å². The Kier molecular flexibility index (Phi) is 4.29. The highest BCUT2D eigenvalue weighted by atomic mass is 16.5. The zero-order chi connectivity index (χ0) is 18.8. The van der Waals surface area contributed by atoms with Crippen LogP contribution in [0, 0.1) is 6.92 Å². The first kappa shape index (κ1) is 16.8. The van der Waals surface area contributed by atoms with Gasteiger partial charge in [0.05, 0.1) is 25.7 Å². The van der Waals surface area contributed by atoms with Crippen molar-refractivity contribution in [1.82, 2.24) is 29.7 Å². The monoisotopic (exact) mass is 366 g/mol. The third-order valence-corrected chi connectivity index (χ3v) is 4.00. The van der Waals surface area contributed by atoms with E-state index >= 15 is 0 Å². The molecule has 4 heterocycles.